The molecular formula is C21H19F2N3O5. The van der Waals surface area contributed by atoms with Crippen molar-refractivity contribution in [1.82, 2.24) is 10.4 Å². The van der Waals surface area contributed by atoms with Gasteiger partial charge in [-0.3, -0.25) is 19.6 Å². The summed E-state index contributed by atoms with van der Waals surface area (Å²) in [5.74, 6) is 2.77. The summed E-state index contributed by atoms with van der Waals surface area (Å²) in [5, 5.41) is 8.86. The monoisotopic (exact) mass is 431 g/mol. The Labute approximate surface area is 176 Å². The summed E-state index contributed by atoms with van der Waals surface area (Å²) < 4.78 is 28.6. The van der Waals surface area contributed by atoms with Gasteiger partial charge >= 0.3 is 6.61 Å². The van der Waals surface area contributed by atoms with Crippen molar-refractivity contribution in [2.75, 3.05) is 7.05 Å². The Kier molecular flexibility index (Phi) is 7.28. The van der Waals surface area contributed by atoms with E-state index in [1.165, 1.54) is 48.9 Å². The molecule has 3 amide bonds. The van der Waals surface area contributed by atoms with Crippen molar-refractivity contribution < 1.29 is 33.1 Å². The van der Waals surface area contributed by atoms with Gasteiger partial charge < -0.3 is 15.4 Å². The molecule has 0 aliphatic carbocycles. The van der Waals surface area contributed by atoms with Crippen LogP contribution in [0, 0.1) is 11.8 Å². The number of nitrogens with two attached hydrogens (primary N) is 1. The highest BCUT2D eigenvalue weighted by molar-refractivity contribution is 6.12. The molecule has 0 bridgehead atoms. The van der Waals surface area contributed by atoms with Crippen LogP contribution in [0.15, 0.2) is 48.5 Å². The topological polar surface area (TPSA) is 122 Å². The predicted octanol–water partition coefficient (Wildman–Crippen LogP) is 1.51. The number of likely N-dealkylation sites (N-methyl/N-ethyl adjacent to an activating group) is 1. The molecule has 8 nitrogen and oxygen atoms in total. The predicted molar refractivity (Wildman–Crippen MR) is 105 cm³/mol. The van der Waals surface area contributed by atoms with Gasteiger partial charge in [0.15, 0.2) is 5.54 Å². The molecule has 0 heterocycles. The Balaban J connectivity index is 2.16. The van der Waals surface area contributed by atoms with E-state index in [0.29, 0.717) is 11.1 Å². The van der Waals surface area contributed by atoms with Crippen LogP contribution in [-0.2, 0) is 9.59 Å². The first-order valence-corrected chi connectivity index (χ1v) is 8.79. The van der Waals surface area contributed by atoms with Crippen LogP contribution in [-0.4, -0.2) is 47.0 Å². The minimum atomic E-state index is -2.91. The highest BCUT2D eigenvalue weighted by Crippen LogP contribution is 2.18. The molecule has 2 aromatic rings. The zero-order valence-electron chi connectivity index (χ0n) is 16.6. The largest absolute Gasteiger partial charge is 0.435 e. The fourth-order valence-corrected chi connectivity index (χ4v) is 2.50. The quantitative estimate of drug-likeness (QED) is 0.277. The van der Waals surface area contributed by atoms with Crippen molar-refractivity contribution in [2.45, 2.75) is 19.1 Å². The van der Waals surface area contributed by atoms with Gasteiger partial charge in [-0.05, 0) is 55.5 Å². The first-order chi connectivity index (χ1) is 14.6. The van der Waals surface area contributed by atoms with Crippen LogP contribution in [0.4, 0.5) is 8.78 Å². The molecule has 0 saturated carbocycles. The van der Waals surface area contributed by atoms with E-state index in [4.69, 9.17) is 10.9 Å². The second-order valence-corrected chi connectivity index (χ2v) is 6.47. The zero-order valence-corrected chi connectivity index (χ0v) is 16.6. The Morgan fingerprint density at radius 3 is 1.97 bits per heavy atom. The minimum Gasteiger partial charge on any atom is -0.435 e. The Hall–Kier alpha value is -3.97. The van der Waals surface area contributed by atoms with Crippen LogP contribution in [0.2, 0.25) is 0 Å². The smallest absolute Gasteiger partial charge is 0.387 e. The molecule has 10 heteroatoms. The molecule has 1 atom stereocenters. The normalized spacial score (nSPS) is 12.2. The lowest BCUT2D eigenvalue weighted by molar-refractivity contribution is -0.146. The lowest BCUT2D eigenvalue weighted by Crippen LogP contribution is -2.64. The van der Waals surface area contributed by atoms with Crippen molar-refractivity contribution in [2.24, 2.45) is 5.73 Å². The van der Waals surface area contributed by atoms with Gasteiger partial charge in [-0.25, -0.2) is 5.48 Å². The molecule has 0 unspecified atom stereocenters. The van der Waals surface area contributed by atoms with Crippen molar-refractivity contribution >= 4 is 17.7 Å². The maximum atomic E-state index is 12.7. The number of benzene rings is 2. The van der Waals surface area contributed by atoms with E-state index >= 15 is 0 Å². The van der Waals surface area contributed by atoms with E-state index < -0.39 is 29.9 Å². The van der Waals surface area contributed by atoms with Gasteiger partial charge in [-0.1, -0.05) is 11.8 Å². The highest BCUT2D eigenvalue weighted by atomic mass is 19.3. The van der Waals surface area contributed by atoms with Crippen LogP contribution in [0.1, 0.15) is 28.4 Å². The van der Waals surface area contributed by atoms with Gasteiger partial charge in [-0.2, -0.15) is 8.78 Å². The lowest BCUT2D eigenvalue weighted by atomic mass is 9.97. The van der Waals surface area contributed by atoms with E-state index in [9.17, 15) is 23.2 Å². The molecule has 162 valence electrons. The second-order valence-electron chi connectivity index (χ2n) is 6.47. The minimum absolute atomic E-state index is 0.0189. The average Bonchev–Trinajstić information content (AvgIpc) is 2.76. The molecule has 0 aliphatic heterocycles. The number of ether oxygens (including phenoxy) is 1. The number of hydrogen-bond acceptors (Lipinski definition) is 5. The first kappa shape index (κ1) is 23.3. The summed E-state index contributed by atoms with van der Waals surface area (Å²) in [5.41, 5.74) is 5.74. The fraction of sp³-hybridized carbons (Fsp3) is 0.190. The van der Waals surface area contributed by atoms with Crippen molar-refractivity contribution in [3.05, 3.63) is 65.2 Å². The molecule has 0 radical (unpaired) electrons. The third-order valence-corrected chi connectivity index (χ3v) is 4.56. The van der Waals surface area contributed by atoms with Gasteiger partial charge in [0.25, 0.3) is 17.7 Å². The number of alkyl halides is 2. The number of hydrogen-bond donors (Lipinski definition) is 3. The third-order valence-electron chi connectivity index (χ3n) is 4.56. The molecule has 0 aliphatic rings. The number of nitrogens with zero attached hydrogens (tertiary/aromatic N) is 1. The van der Waals surface area contributed by atoms with Crippen molar-refractivity contribution in [3.8, 4) is 17.6 Å². The van der Waals surface area contributed by atoms with Crippen LogP contribution < -0.4 is 16.0 Å². The number of primary amides is 1. The van der Waals surface area contributed by atoms with Gasteiger partial charge in [-0.15, -0.1) is 0 Å². The Bertz CT molecular complexity index is 1030. The molecule has 2 aromatic carbocycles. The summed E-state index contributed by atoms with van der Waals surface area (Å²) in [7, 11) is 1.21. The van der Waals surface area contributed by atoms with Crippen LogP contribution in [0.5, 0.6) is 5.75 Å². The van der Waals surface area contributed by atoms with E-state index in [1.54, 1.807) is 12.1 Å². The SMILES string of the molecule is CN(C(=O)c1ccc(C#Cc2ccc(OC(F)F)cc2)cc1)[C@@](C)(C(N)=O)C(=O)NO. The number of carbonyl (C=O) groups is 3. The standard InChI is InChI=1S/C21H19F2N3O5/c1-21(18(24)28,19(29)25-30)26(2)17(27)15-9-5-13(6-10-15)3-4-14-7-11-16(12-8-14)31-20(22)23/h5-12,20,30H,1-2H3,(H2,24,28)(H,25,29)/t21-/m0/s1. The second kappa shape index (κ2) is 9.69. The summed E-state index contributed by atoms with van der Waals surface area (Å²) in [4.78, 5) is 37.1. The number of hydroxylamine groups is 1. The Morgan fingerprint density at radius 1 is 1.06 bits per heavy atom. The molecular weight excluding hydrogens is 412 g/mol. The summed E-state index contributed by atoms with van der Waals surface area (Å²) in [6.07, 6.45) is 0. The van der Waals surface area contributed by atoms with E-state index in [0.717, 1.165) is 11.8 Å². The average molecular weight is 431 g/mol. The lowest BCUT2D eigenvalue weighted by Gasteiger charge is -2.33. The van der Waals surface area contributed by atoms with Crippen molar-refractivity contribution in [3.63, 3.8) is 0 Å². The summed E-state index contributed by atoms with van der Waals surface area (Å²) >= 11 is 0. The van der Waals surface area contributed by atoms with E-state index in [-0.39, 0.29) is 11.3 Å². The number of rotatable bonds is 6. The van der Waals surface area contributed by atoms with Gasteiger partial charge in [0, 0.05) is 23.7 Å². The van der Waals surface area contributed by atoms with Crippen LogP contribution in [0.3, 0.4) is 0 Å². The maximum absolute atomic E-state index is 12.7. The van der Waals surface area contributed by atoms with Crippen LogP contribution in [0.25, 0.3) is 0 Å². The van der Waals surface area contributed by atoms with Gasteiger partial charge in [0.05, 0.1) is 0 Å². The molecule has 0 saturated heterocycles. The Morgan fingerprint density at radius 2 is 1.55 bits per heavy atom. The maximum Gasteiger partial charge on any atom is 0.387 e. The summed E-state index contributed by atoms with van der Waals surface area (Å²) in [6.45, 7) is -1.80. The molecule has 2 rings (SSSR count). The van der Waals surface area contributed by atoms with Gasteiger partial charge in [0.2, 0.25) is 0 Å². The third kappa shape index (κ3) is 5.34. The number of nitrogens with one attached hydrogen (secondary N) is 1. The highest BCUT2D eigenvalue weighted by Gasteiger charge is 2.46. The molecule has 31 heavy (non-hydrogen) atoms. The number of halogens is 2. The van der Waals surface area contributed by atoms with Gasteiger partial charge in [0.1, 0.15) is 5.75 Å². The molecule has 0 aromatic heterocycles. The van der Waals surface area contributed by atoms with E-state index in [1.807, 2.05) is 0 Å². The number of amides is 3. The molecule has 0 spiro atoms. The fourth-order valence-electron chi connectivity index (χ4n) is 2.50. The van der Waals surface area contributed by atoms with Crippen LogP contribution >= 0.6 is 0 Å². The first-order valence-electron chi connectivity index (χ1n) is 8.79. The number of carbonyl (C=O) groups excluding carboxylic acids is 3. The zero-order chi connectivity index (χ0) is 23.2. The molecule has 0 fully saturated rings. The van der Waals surface area contributed by atoms with Crippen molar-refractivity contribution in [1.29, 1.82) is 0 Å². The molecule has 4 N–H and O–H groups in total. The summed E-state index contributed by atoms with van der Waals surface area (Å²) in [6, 6.07) is 11.8. The van der Waals surface area contributed by atoms with E-state index in [2.05, 4.69) is 16.6 Å².